The maximum atomic E-state index is 12.5. The molecule has 0 spiro atoms. The Kier molecular flexibility index (Phi) is 7.39. The second-order valence-electron chi connectivity index (χ2n) is 7.93. The molecule has 1 aliphatic rings. The van der Waals surface area contributed by atoms with Crippen molar-refractivity contribution >= 4 is 11.8 Å². The first-order valence-electron chi connectivity index (χ1n) is 10.5. The Labute approximate surface area is 173 Å². The lowest BCUT2D eigenvalue weighted by Gasteiger charge is -2.37. The minimum absolute atomic E-state index is 0.205. The summed E-state index contributed by atoms with van der Waals surface area (Å²) in [6.45, 7) is 3.21. The second kappa shape index (κ2) is 10.2. The van der Waals surface area contributed by atoms with Crippen molar-refractivity contribution in [2.45, 2.75) is 51.7 Å². The molecule has 1 aliphatic heterocycles. The SMILES string of the molecule is COc1ccc(N)c(CCCC2CCN(C(=O)OCc3ccccc3)C(C)C2)c1. The lowest BCUT2D eigenvalue weighted by atomic mass is 9.87. The molecule has 0 aliphatic carbocycles. The molecule has 2 aromatic rings. The van der Waals surface area contributed by atoms with Gasteiger partial charge in [-0.15, -0.1) is 0 Å². The van der Waals surface area contributed by atoms with Gasteiger partial charge in [0.05, 0.1) is 7.11 Å². The molecule has 2 N–H and O–H groups in total. The number of nitrogens with two attached hydrogens (primary N) is 1. The van der Waals surface area contributed by atoms with Crippen LogP contribution in [0.15, 0.2) is 48.5 Å². The van der Waals surface area contributed by atoms with Gasteiger partial charge in [0.2, 0.25) is 0 Å². The molecule has 2 aromatic carbocycles. The van der Waals surface area contributed by atoms with Gasteiger partial charge in [-0.3, -0.25) is 0 Å². The van der Waals surface area contributed by atoms with Crippen molar-refractivity contribution in [3.8, 4) is 5.75 Å². The Morgan fingerprint density at radius 3 is 2.72 bits per heavy atom. The number of nitrogen functional groups attached to an aromatic ring is 1. The maximum Gasteiger partial charge on any atom is 0.410 e. The van der Waals surface area contributed by atoms with E-state index in [2.05, 4.69) is 6.92 Å². The van der Waals surface area contributed by atoms with Gasteiger partial charge in [-0.1, -0.05) is 30.3 Å². The van der Waals surface area contributed by atoms with E-state index in [-0.39, 0.29) is 12.1 Å². The summed E-state index contributed by atoms with van der Waals surface area (Å²) < 4.78 is 10.8. The molecule has 1 fully saturated rings. The monoisotopic (exact) mass is 396 g/mol. The van der Waals surface area contributed by atoms with E-state index in [1.807, 2.05) is 53.4 Å². The minimum atomic E-state index is -0.205. The molecule has 0 radical (unpaired) electrons. The fraction of sp³-hybridized carbons (Fsp3) is 0.458. The summed E-state index contributed by atoms with van der Waals surface area (Å²) in [4.78, 5) is 14.3. The van der Waals surface area contributed by atoms with Crippen LogP contribution in [0.3, 0.4) is 0 Å². The average Bonchev–Trinajstić information content (AvgIpc) is 2.74. The van der Waals surface area contributed by atoms with E-state index in [0.717, 1.165) is 61.2 Å². The summed E-state index contributed by atoms with van der Waals surface area (Å²) in [7, 11) is 1.68. The van der Waals surface area contributed by atoms with Gasteiger partial charge in [-0.2, -0.15) is 0 Å². The summed E-state index contributed by atoms with van der Waals surface area (Å²) in [6.07, 6.45) is 5.04. The fourth-order valence-electron chi connectivity index (χ4n) is 4.11. The highest BCUT2D eigenvalue weighted by Crippen LogP contribution is 2.29. The van der Waals surface area contributed by atoms with Crippen molar-refractivity contribution in [2.24, 2.45) is 5.92 Å². The molecule has 1 saturated heterocycles. The third kappa shape index (κ3) is 5.89. The van der Waals surface area contributed by atoms with Gasteiger partial charge >= 0.3 is 6.09 Å². The van der Waals surface area contributed by atoms with Gasteiger partial charge in [-0.25, -0.2) is 4.79 Å². The van der Waals surface area contributed by atoms with Crippen LogP contribution in [0.4, 0.5) is 10.5 Å². The molecule has 0 aromatic heterocycles. The Bertz CT molecular complexity index is 794. The number of nitrogens with zero attached hydrogens (tertiary/aromatic N) is 1. The zero-order chi connectivity index (χ0) is 20.6. The lowest BCUT2D eigenvalue weighted by molar-refractivity contribution is 0.0604. The molecular weight excluding hydrogens is 364 g/mol. The van der Waals surface area contributed by atoms with Crippen LogP contribution in [0.5, 0.6) is 5.75 Å². The molecule has 1 heterocycles. The highest BCUT2D eigenvalue weighted by atomic mass is 16.6. The van der Waals surface area contributed by atoms with E-state index in [9.17, 15) is 4.79 Å². The van der Waals surface area contributed by atoms with Crippen LogP contribution in [-0.4, -0.2) is 30.7 Å². The topological polar surface area (TPSA) is 64.8 Å². The number of ether oxygens (including phenoxy) is 2. The molecule has 0 saturated carbocycles. The number of rotatable bonds is 7. The standard InChI is InChI=1S/C24H32N2O3/c1-18-15-19(9-6-10-21-16-22(28-2)11-12-23(21)25)13-14-26(18)24(27)29-17-20-7-4-3-5-8-20/h3-5,7-8,11-12,16,18-19H,6,9-10,13-15,17,25H2,1-2H3. The molecule has 5 heteroatoms. The average molecular weight is 397 g/mol. The molecule has 3 rings (SSSR count). The third-order valence-corrected chi connectivity index (χ3v) is 5.83. The normalized spacial score (nSPS) is 19.0. The number of methoxy groups -OCH3 is 1. The van der Waals surface area contributed by atoms with E-state index in [1.165, 1.54) is 0 Å². The van der Waals surface area contributed by atoms with Crippen molar-refractivity contribution in [3.63, 3.8) is 0 Å². The number of piperidine rings is 1. The number of hydrogen-bond acceptors (Lipinski definition) is 4. The Morgan fingerprint density at radius 1 is 1.21 bits per heavy atom. The summed E-state index contributed by atoms with van der Waals surface area (Å²) >= 11 is 0. The molecule has 0 bridgehead atoms. The van der Waals surface area contributed by atoms with E-state index < -0.39 is 0 Å². The third-order valence-electron chi connectivity index (χ3n) is 5.83. The highest BCUT2D eigenvalue weighted by molar-refractivity contribution is 5.68. The van der Waals surface area contributed by atoms with Gasteiger partial charge in [0, 0.05) is 18.3 Å². The number of carbonyl (C=O) groups excluding carboxylic acids is 1. The first kappa shape index (κ1) is 21.0. The molecule has 156 valence electrons. The number of amides is 1. The van der Waals surface area contributed by atoms with Crippen molar-refractivity contribution < 1.29 is 14.3 Å². The predicted molar refractivity (Wildman–Crippen MR) is 116 cm³/mol. The molecule has 2 unspecified atom stereocenters. The number of likely N-dealkylation sites (tertiary alicyclic amines) is 1. The molecular formula is C24H32N2O3. The summed E-state index contributed by atoms with van der Waals surface area (Å²) in [6, 6.07) is 15.9. The Morgan fingerprint density at radius 2 is 2.00 bits per heavy atom. The van der Waals surface area contributed by atoms with Crippen LogP contribution in [0.1, 0.15) is 43.7 Å². The van der Waals surface area contributed by atoms with Crippen LogP contribution in [0.25, 0.3) is 0 Å². The minimum Gasteiger partial charge on any atom is -0.497 e. The van der Waals surface area contributed by atoms with Crippen molar-refractivity contribution in [1.29, 1.82) is 0 Å². The fourth-order valence-corrected chi connectivity index (χ4v) is 4.11. The summed E-state index contributed by atoms with van der Waals surface area (Å²) in [5.74, 6) is 1.49. The molecule has 1 amide bonds. The Balaban J connectivity index is 1.42. The lowest BCUT2D eigenvalue weighted by Crippen LogP contribution is -2.44. The molecule has 29 heavy (non-hydrogen) atoms. The number of aryl methyl sites for hydroxylation is 1. The van der Waals surface area contributed by atoms with Gasteiger partial charge < -0.3 is 20.1 Å². The van der Waals surface area contributed by atoms with Crippen LogP contribution in [-0.2, 0) is 17.8 Å². The molecule has 5 nitrogen and oxygen atoms in total. The van der Waals surface area contributed by atoms with E-state index in [4.69, 9.17) is 15.2 Å². The van der Waals surface area contributed by atoms with Gasteiger partial charge in [0.25, 0.3) is 0 Å². The van der Waals surface area contributed by atoms with Crippen molar-refractivity contribution in [1.82, 2.24) is 4.90 Å². The highest BCUT2D eigenvalue weighted by Gasteiger charge is 2.29. The largest absolute Gasteiger partial charge is 0.497 e. The van der Waals surface area contributed by atoms with Crippen LogP contribution in [0.2, 0.25) is 0 Å². The van der Waals surface area contributed by atoms with E-state index in [0.29, 0.717) is 12.5 Å². The van der Waals surface area contributed by atoms with Crippen molar-refractivity contribution in [3.05, 3.63) is 59.7 Å². The number of anilines is 1. The predicted octanol–water partition coefficient (Wildman–Crippen LogP) is 5.04. The number of benzene rings is 2. The quantitative estimate of drug-likeness (QED) is 0.666. The first-order valence-corrected chi connectivity index (χ1v) is 10.5. The number of hydrogen-bond donors (Lipinski definition) is 1. The zero-order valence-corrected chi connectivity index (χ0v) is 17.5. The Hall–Kier alpha value is -2.69. The van der Waals surface area contributed by atoms with E-state index >= 15 is 0 Å². The summed E-state index contributed by atoms with van der Waals surface area (Å²) in [5.41, 5.74) is 9.09. The van der Waals surface area contributed by atoms with Crippen molar-refractivity contribution in [2.75, 3.05) is 19.4 Å². The van der Waals surface area contributed by atoms with Gasteiger partial charge in [0.15, 0.2) is 0 Å². The smallest absolute Gasteiger partial charge is 0.410 e. The van der Waals surface area contributed by atoms with Crippen LogP contribution >= 0.6 is 0 Å². The number of carbonyl (C=O) groups is 1. The molecule has 2 atom stereocenters. The van der Waals surface area contributed by atoms with E-state index in [1.54, 1.807) is 7.11 Å². The van der Waals surface area contributed by atoms with Crippen LogP contribution < -0.4 is 10.5 Å². The van der Waals surface area contributed by atoms with Gasteiger partial charge in [-0.05, 0) is 74.3 Å². The second-order valence-corrected chi connectivity index (χ2v) is 7.93. The zero-order valence-electron chi connectivity index (χ0n) is 17.5. The first-order chi connectivity index (χ1) is 14.1. The van der Waals surface area contributed by atoms with Gasteiger partial charge in [0.1, 0.15) is 12.4 Å². The van der Waals surface area contributed by atoms with Crippen LogP contribution in [0, 0.1) is 5.92 Å². The maximum absolute atomic E-state index is 12.5. The summed E-state index contributed by atoms with van der Waals surface area (Å²) in [5, 5.41) is 0.